The van der Waals surface area contributed by atoms with Gasteiger partial charge in [0.2, 0.25) is 10.0 Å². The van der Waals surface area contributed by atoms with E-state index >= 15 is 0 Å². The summed E-state index contributed by atoms with van der Waals surface area (Å²) < 4.78 is 33.5. The van der Waals surface area contributed by atoms with Gasteiger partial charge in [-0.15, -0.1) is 12.4 Å². The first kappa shape index (κ1) is 19.2. The van der Waals surface area contributed by atoms with E-state index in [1.807, 2.05) is 13.8 Å². The van der Waals surface area contributed by atoms with Gasteiger partial charge >= 0.3 is 0 Å². The lowest BCUT2D eigenvalue weighted by molar-refractivity contribution is 0.288. The van der Waals surface area contributed by atoms with E-state index in [0.29, 0.717) is 19.4 Å². The Morgan fingerprint density at radius 3 is 2.59 bits per heavy atom. The molecule has 0 saturated heterocycles. The molecule has 1 aliphatic heterocycles. The number of hydrogen-bond acceptors (Lipinski definition) is 4. The lowest BCUT2D eigenvalue weighted by atomic mass is 9.95. The van der Waals surface area contributed by atoms with Gasteiger partial charge in [-0.25, -0.2) is 13.1 Å². The van der Waals surface area contributed by atoms with Crippen molar-refractivity contribution in [3.63, 3.8) is 0 Å². The third-order valence-corrected chi connectivity index (χ3v) is 5.86. The van der Waals surface area contributed by atoms with Gasteiger partial charge in [0, 0.05) is 12.1 Å². The second-order valence-electron chi connectivity index (χ2n) is 5.52. The summed E-state index contributed by atoms with van der Waals surface area (Å²) in [5.41, 5.74) is 6.15. The molecule has 0 bridgehead atoms. The summed E-state index contributed by atoms with van der Waals surface area (Å²) in [6, 6.07) is 5.05. The molecule has 0 saturated carbocycles. The zero-order chi connectivity index (χ0) is 15.5. The first-order chi connectivity index (χ1) is 9.96. The molecule has 3 N–H and O–H groups in total. The molecule has 2 rings (SSSR count). The zero-order valence-electron chi connectivity index (χ0n) is 13.1. The normalized spacial score (nSPS) is 14.7. The van der Waals surface area contributed by atoms with Crippen molar-refractivity contribution in [1.82, 2.24) is 4.72 Å². The van der Waals surface area contributed by atoms with Crippen LogP contribution in [0, 0.1) is 0 Å². The Morgan fingerprint density at radius 1 is 1.32 bits per heavy atom. The zero-order valence-corrected chi connectivity index (χ0v) is 14.7. The predicted molar refractivity (Wildman–Crippen MR) is 90.2 cm³/mol. The van der Waals surface area contributed by atoms with Crippen molar-refractivity contribution in [1.29, 1.82) is 0 Å². The van der Waals surface area contributed by atoms with Crippen molar-refractivity contribution in [2.75, 3.05) is 13.2 Å². The first-order valence-corrected chi connectivity index (χ1v) is 8.94. The summed E-state index contributed by atoms with van der Waals surface area (Å²) >= 11 is 0. The second kappa shape index (κ2) is 7.64. The molecule has 0 amide bonds. The van der Waals surface area contributed by atoms with Crippen molar-refractivity contribution in [3.05, 3.63) is 23.8 Å². The van der Waals surface area contributed by atoms with E-state index in [1.54, 1.807) is 18.2 Å². The number of nitrogens with two attached hydrogens (primary N) is 1. The van der Waals surface area contributed by atoms with Gasteiger partial charge in [-0.05, 0) is 49.4 Å². The Hall–Kier alpha value is -0.820. The largest absolute Gasteiger partial charge is 0.493 e. The average Bonchev–Trinajstić information content (AvgIpc) is 2.52. The molecule has 7 heteroatoms. The van der Waals surface area contributed by atoms with Crippen LogP contribution in [-0.2, 0) is 16.4 Å². The molecule has 1 heterocycles. The molecule has 1 aromatic rings. The van der Waals surface area contributed by atoms with Gasteiger partial charge in [0.25, 0.3) is 0 Å². The van der Waals surface area contributed by atoms with Crippen LogP contribution in [0.15, 0.2) is 23.1 Å². The number of nitrogens with one attached hydrogen (secondary N) is 1. The van der Waals surface area contributed by atoms with Crippen LogP contribution >= 0.6 is 12.4 Å². The standard InChI is InChI=1S/C15H24N2O3S.ClH/c1-3-15(4-2,11-16)17-21(18,19)13-7-8-14-12(10-13)6-5-9-20-14;/h7-8,10,17H,3-6,9,11,16H2,1-2H3;1H. The lowest BCUT2D eigenvalue weighted by Gasteiger charge is -2.31. The minimum Gasteiger partial charge on any atom is -0.493 e. The van der Waals surface area contributed by atoms with Gasteiger partial charge in [0.05, 0.1) is 11.5 Å². The highest BCUT2D eigenvalue weighted by molar-refractivity contribution is 7.89. The molecule has 5 nitrogen and oxygen atoms in total. The highest BCUT2D eigenvalue weighted by atomic mass is 35.5. The van der Waals surface area contributed by atoms with Gasteiger partial charge in [-0.2, -0.15) is 0 Å². The summed E-state index contributed by atoms with van der Waals surface area (Å²) in [5.74, 6) is 0.788. The molecule has 0 unspecified atom stereocenters. The molecule has 1 aliphatic rings. The number of aryl methyl sites for hydroxylation is 1. The number of hydrogen-bond donors (Lipinski definition) is 2. The number of benzene rings is 1. The smallest absolute Gasteiger partial charge is 0.241 e. The van der Waals surface area contributed by atoms with Crippen LogP contribution in [-0.4, -0.2) is 27.1 Å². The van der Waals surface area contributed by atoms with Crippen LogP contribution in [0.25, 0.3) is 0 Å². The van der Waals surface area contributed by atoms with Gasteiger partial charge in [0.15, 0.2) is 0 Å². The fourth-order valence-electron chi connectivity index (χ4n) is 2.57. The van der Waals surface area contributed by atoms with Crippen molar-refractivity contribution < 1.29 is 13.2 Å². The van der Waals surface area contributed by atoms with Crippen LogP contribution in [0.1, 0.15) is 38.7 Å². The maximum absolute atomic E-state index is 12.6. The molecular weight excluding hydrogens is 324 g/mol. The van der Waals surface area contributed by atoms with Gasteiger partial charge < -0.3 is 10.5 Å². The fraction of sp³-hybridized carbons (Fsp3) is 0.600. The van der Waals surface area contributed by atoms with Crippen LogP contribution < -0.4 is 15.2 Å². The molecule has 0 fully saturated rings. The van der Waals surface area contributed by atoms with Crippen molar-refractivity contribution >= 4 is 22.4 Å². The number of rotatable bonds is 6. The Balaban J connectivity index is 0.00000242. The van der Waals surface area contributed by atoms with Crippen molar-refractivity contribution in [2.45, 2.75) is 50.0 Å². The van der Waals surface area contributed by atoms with Gasteiger partial charge in [-0.1, -0.05) is 13.8 Å². The molecule has 1 aromatic carbocycles. The minimum absolute atomic E-state index is 0. The maximum atomic E-state index is 12.6. The molecular formula is C15H25ClN2O3S. The quantitative estimate of drug-likeness (QED) is 0.826. The summed E-state index contributed by atoms with van der Waals surface area (Å²) in [6.45, 7) is 4.87. The van der Waals surface area contributed by atoms with E-state index in [-0.39, 0.29) is 23.8 Å². The molecule has 0 aromatic heterocycles. The molecule has 22 heavy (non-hydrogen) atoms. The SMILES string of the molecule is CCC(CC)(CN)NS(=O)(=O)c1ccc2c(c1)CCCO2.Cl. The summed E-state index contributed by atoms with van der Waals surface area (Å²) in [4.78, 5) is 0.284. The molecule has 0 spiro atoms. The minimum atomic E-state index is -3.57. The van der Waals surface area contributed by atoms with Crippen molar-refractivity contribution in [3.8, 4) is 5.75 Å². The Kier molecular flexibility index (Phi) is 6.67. The van der Waals surface area contributed by atoms with E-state index in [9.17, 15) is 8.42 Å². The van der Waals surface area contributed by atoms with Crippen LogP contribution in [0.3, 0.4) is 0 Å². The van der Waals surface area contributed by atoms with E-state index in [4.69, 9.17) is 10.5 Å². The first-order valence-electron chi connectivity index (χ1n) is 7.46. The Bertz CT molecular complexity index is 593. The molecule has 0 atom stereocenters. The highest BCUT2D eigenvalue weighted by Gasteiger charge is 2.31. The van der Waals surface area contributed by atoms with Crippen LogP contribution in [0.5, 0.6) is 5.75 Å². The van der Waals surface area contributed by atoms with Crippen LogP contribution in [0.4, 0.5) is 0 Å². The lowest BCUT2D eigenvalue weighted by Crippen LogP contribution is -2.52. The molecule has 126 valence electrons. The fourth-order valence-corrected chi connectivity index (χ4v) is 4.18. The van der Waals surface area contributed by atoms with Crippen molar-refractivity contribution in [2.24, 2.45) is 5.73 Å². The molecule has 0 aliphatic carbocycles. The third kappa shape index (κ3) is 3.93. The average molecular weight is 349 g/mol. The maximum Gasteiger partial charge on any atom is 0.241 e. The number of sulfonamides is 1. The predicted octanol–water partition coefficient (Wildman–Crippen LogP) is 2.23. The number of fused-ring (bicyclic) bond motifs is 1. The Labute approximate surface area is 139 Å². The second-order valence-corrected chi connectivity index (χ2v) is 7.20. The topological polar surface area (TPSA) is 81.4 Å². The molecule has 0 radical (unpaired) electrons. The highest BCUT2D eigenvalue weighted by Crippen LogP contribution is 2.28. The Morgan fingerprint density at radius 2 is 2.00 bits per heavy atom. The summed E-state index contributed by atoms with van der Waals surface area (Å²) in [6.07, 6.45) is 3.09. The summed E-state index contributed by atoms with van der Waals surface area (Å²) in [7, 11) is -3.57. The van der Waals surface area contributed by atoms with E-state index < -0.39 is 15.6 Å². The summed E-state index contributed by atoms with van der Waals surface area (Å²) in [5, 5.41) is 0. The number of halogens is 1. The van der Waals surface area contributed by atoms with Crippen LogP contribution in [0.2, 0.25) is 0 Å². The van der Waals surface area contributed by atoms with Gasteiger partial charge in [0.1, 0.15) is 5.75 Å². The number of ether oxygens (including phenoxy) is 1. The third-order valence-electron chi connectivity index (χ3n) is 4.29. The monoisotopic (exact) mass is 348 g/mol. The van der Waals surface area contributed by atoms with E-state index in [1.165, 1.54) is 0 Å². The van der Waals surface area contributed by atoms with Gasteiger partial charge in [-0.3, -0.25) is 0 Å². The van der Waals surface area contributed by atoms with E-state index in [0.717, 1.165) is 24.2 Å². The van der Waals surface area contributed by atoms with E-state index in [2.05, 4.69) is 4.72 Å².